The highest BCUT2D eigenvalue weighted by Gasteiger charge is 2.21. The lowest BCUT2D eigenvalue weighted by Gasteiger charge is -2.26. The first-order valence-electron chi connectivity index (χ1n) is 5.53. The van der Waals surface area contributed by atoms with E-state index < -0.39 is 5.60 Å². The van der Waals surface area contributed by atoms with Crippen molar-refractivity contribution in [2.24, 2.45) is 0 Å². The van der Waals surface area contributed by atoms with Crippen LogP contribution in [0.4, 0.5) is 4.79 Å². The van der Waals surface area contributed by atoms with Crippen molar-refractivity contribution < 1.29 is 9.53 Å². The lowest BCUT2D eigenvalue weighted by atomic mass is 9.92. The van der Waals surface area contributed by atoms with E-state index >= 15 is 0 Å². The third kappa shape index (κ3) is 4.86. The van der Waals surface area contributed by atoms with Gasteiger partial charge in [-0.15, -0.1) is 0 Å². The van der Waals surface area contributed by atoms with Crippen LogP contribution in [0, 0.1) is 0 Å². The predicted molar refractivity (Wildman–Crippen MR) is 60.8 cm³/mol. The Hall–Kier alpha value is -0.990. The summed E-state index contributed by atoms with van der Waals surface area (Å²) in [5, 5.41) is 2.88. The van der Waals surface area contributed by atoms with Gasteiger partial charge in [0.05, 0.1) is 0 Å². The van der Waals surface area contributed by atoms with Gasteiger partial charge in [-0.3, -0.25) is 0 Å². The van der Waals surface area contributed by atoms with E-state index in [9.17, 15) is 4.79 Å². The summed E-state index contributed by atoms with van der Waals surface area (Å²) in [6.07, 6.45) is 3.80. The molecular weight excluding hydrogens is 190 g/mol. The number of carbonyl (C=O) groups excluding carboxylic acids is 1. The molecule has 0 aromatic carbocycles. The first-order valence-corrected chi connectivity index (χ1v) is 5.53. The van der Waals surface area contributed by atoms with Crippen LogP contribution in [-0.2, 0) is 4.74 Å². The molecule has 86 valence electrons. The maximum absolute atomic E-state index is 11.5. The number of rotatable bonds is 1. The Morgan fingerprint density at radius 2 is 2.20 bits per heavy atom. The fraction of sp³-hybridized carbons (Fsp3) is 0.750. The smallest absolute Gasteiger partial charge is 0.407 e. The SMILES string of the molecule is C=C1CCCC(NC(=O)OC(C)(C)C)C1. The lowest BCUT2D eigenvalue weighted by molar-refractivity contribution is 0.0498. The Morgan fingerprint density at radius 1 is 1.53 bits per heavy atom. The summed E-state index contributed by atoms with van der Waals surface area (Å²) < 4.78 is 5.20. The van der Waals surface area contributed by atoms with Crippen LogP contribution in [0.25, 0.3) is 0 Å². The number of hydrogen-bond acceptors (Lipinski definition) is 2. The topological polar surface area (TPSA) is 38.3 Å². The van der Waals surface area contributed by atoms with Gasteiger partial charge in [0.2, 0.25) is 0 Å². The molecule has 0 aromatic heterocycles. The Kier molecular flexibility index (Phi) is 3.77. The lowest BCUT2D eigenvalue weighted by Crippen LogP contribution is -2.40. The molecule has 0 radical (unpaired) electrons. The number of hydrogen-bond donors (Lipinski definition) is 1. The quantitative estimate of drug-likeness (QED) is 0.677. The molecule has 0 spiro atoms. The van der Waals surface area contributed by atoms with Gasteiger partial charge in [0.15, 0.2) is 0 Å². The van der Waals surface area contributed by atoms with Gasteiger partial charge in [-0.25, -0.2) is 4.79 Å². The summed E-state index contributed by atoms with van der Waals surface area (Å²) in [6.45, 7) is 9.56. The number of alkyl carbamates (subject to hydrolysis) is 1. The molecule has 1 amide bonds. The van der Waals surface area contributed by atoms with Gasteiger partial charge in [-0.1, -0.05) is 12.2 Å². The molecule has 0 bridgehead atoms. The van der Waals surface area contributed by atoms with E-state index in [0.717, 1.165) is 25.7 Å². The van der Waals surface area contributed by atoms with Crippen molar-refractivity contribution in [1.29, 1.82) is 0 Å². The minimum absolute atomic E-state index is 0.209. The molecule has 3 heteroatoms. The molecule has 1 atom stereocenters. The second-order valence-corrected chi connectivity index (χ2v) is 5.19. The first-order chi connectivity index (χ1) is 6.87. The van der Waals surface area contributed by atoms with Crippen LogP contribution >= 0.6 is 0 Å². The number of ether oxygens (including phenoxy) is 1. The van der Waals surface area contributed by atoms with Crippen LogP contribution in [0.2, 0.25) is 0 Å². The molecule has 1 N–H and O–H groups in total. The van der Waals surface area contributed by atoms with E-state index in [1.165, 1.54) is 5.57 Å². The molecule has 0 heterocycles. The van der Waals surface area contributed by atoms with Crippen molar-refractivity contribution in [2.75, 3.05) is 0 Å². The Morgan fingerprint density at radius 3 is 2.73 bits per heavy atom. The standard InChI is InChI=1S/C12H21NO2/c1-9-6-5-7-10(8-9)13-11(14)15-12(2,3)4/h10H,1,5-8H2,2-4H3,(H,13,14). The van der Waals surface area contributed by atoms with Crippen molar-refractivity contribution in [3.05, 3.63) is 12.2 Å². The van der Waals surface area contributed by atoms with Gasteiger partial charge < -0.3 is 10.1 Å². The van der Waals surface area contributed by atoms with Crippen molar-refractivity contribution in [3.63, 3.8) is 0 Å². The van der Waals surface area contributed by atoms with Crippen LogP contribution in [-0.4, -0.2) is 17.7 Å². The third-order valence-corrected chi connectivity index (χ3v) is 2.34. The second kappa shape index (κ2) is 4.69. The zero-order valence-electron chi connectivity index (χ0n) is 9.93. The maximum atomic E-state index is 11.5. The van der Waals surface area contributed by atoms with Crippen LogP contribution in [0.15, 0.2) is 12.2 Å². The number of amides is 1. The molecule has 1 aliphatic rings. The number of carbonyl (C=O) groups is 1. The van der Waals surface area contributed by atoms with Gasteiger partial charge in [-0.05, 0) is 46.5 Å². The Bertz CT molecular complexity index is 253. The Labute approximate surface area is 91.9 Å². The summed E-state index contributed by atoms with van der Waals surface area (Å²) in [4.78, 5) is 11.5. The predicted octanol–water partition coefficient (Wildman–Crippen LogP) is 3.01. The van der Waals surface area contributed by atoms with Gasteiger partial charge in [-0.2, -0.15) is 0 Å². The maximum Gasteiger partial charge on any atom is 0.407 e. The first kappa shape index (κ1) is 12.1. The molecule has 0 aliphatic heterocycles. The fourth-order valence-corrected chi connectivity index (χ4v) is 1.75. The molecule has 1 fully saturated rings. The van der Waals surface area contributed by atoms with Crippen LogP contribution in [0.1, 0.15) is 46.5 Å². The highest BCUT2D eigenvalue weighted by atomic mass is 16.6. The average Bonchev–Trinajstić information content (AvgIpc) is 1.99. The highest BCUT2D eigenvalue weighted by Crippen LogP contribution is 2.22. The van der Waals surface area contributed by atoms with Gasteiger partial charge >= 0.3 is 6.09 Å². The molecule has 1 saturated carbocycles. The fourth-order valence-electron chi connectivity index (χ4n) is 1.75. The largest absolute Gasteiger partial charge is 0.444 e. The van der Waals surface area contributed by atoms with E-state index in [2.05, 4.69) is 11.9 Å². The van der Waals surface area contributed by atoms with Crippen LogP contribution in [0.3, 0.4) is 0 Å². The zero-order valence-corrected chi connectivity index (χ0v) is 9.93. The van der Waals surface area contributed by atoms with Crippen molar-refractivity contribution in [3.8, 4) is 0 Å². The van der Waals surface area contributed by atoms with Crippen LogP contribution < -0.4 is 5.32 Å². The minimum Gasteiger partial charge on any atom is -0.444 e. The molecule has 1 aliphatic carbocycles. The molecule has 1 rings (SSSR count). The Balaban J connectivity index is 2.34. The summed E-state index contributed by atoms with van der Waals surface area (Å²) in [5.41, 5.74) is 0.803. The zero-order chi connectivity index (χ0) is 11.5. The molecule has 15 heavy (non-hydrogen) atoms. The summed E-state index contributed by atoms with van der Waals surface area (Å²) in [6, 6.07) is 0.209. The van der Waals surface area contributed by atoms with Gasteiger partial charge in [0.25, 0.3) is 0 Å². The van der Waals surface area contributed by atoms with E-state index in [1.807, 2.05) is 20.8 Å². The monoisotopic (exact) mass is 211 g/mol. The molecule has 0 aromatic rings. The average molecular weight is 211 g/mol. The van der Waals surface area contributed by atoms with E-state index in [1.54, 1.807) is 0 Å². The molecule has 0 saturated heterocycles. The molecular formula is C12H21NO2. The minimum atomic E-state index is -0.421. The van der Waals surface area contributed by atoms with Gasteiger partial charge in [0.1, 0.15) is 5.60 Å². The summed E-state index contributed by atoms with van der Waals surface area (Å²) in [5.74, 6) is 0. The van der Waals surface area contributed by atoms with Gasteiger partial charge in [0, 0.05) is 6.04 Å². The van der Waals surface area contributed by atoms with Crippen molar-refractivity contribution in [2.45, 2.75) is 58.1 Å². The normalized spacial score (nSPS) is 22.3. The second-order valence-electron chi connectivity index (χ2n) is 5.19. The van der Waals surface area contributed by atoms with E-state index in [0.29, 0.717) is 0 Å². The van der Waals surface area contributed by atoms with Crippen LogP contribution in [0.5, 0.6) is 0 Å². The van der Waals surface area contributed by atoms with E-state index in [4.69, 9.17) is 4.74 Å². The summed E-state index contributed by atoms with van der Waals surface area (Å²) in [7, 11) is 0. The van der Waals surface area contributed by atoms with Crippen molar-refractivity contribution in [1.82, 2.24) is 5.32 Å². The number of nitrogens with one attached hydrogen (secondary N) is 1. The highest BCUT2D eigenvalue weighted by molar-refractivity contribution is 5.68. The third-order valence-electron chi connectivity index (χ3n) is 2.34. The van der Waals surface area contributed by atoms with Crippen molar-refractivity contribution >= 4 is 6.09 Å². The summed E-state index contributed by atoms with van der Waals surface area (Å²) >= 11 is 0. The van der Waals surface area contributed by atoms with E-state index in [-0.39, 0.29) is 12.1 Å². The molecule has 3 nitrogen and oxygen atoms in total. The molecule has 1 unspecified atom stereocenters.